The summed E-state index contributed by atoms with van der Waals surface area (Å²) in [6.07, 6.45) is 6.10. The lowest BCUT2D eigenvalue weighted by atomic mass is 10.0. The van der Waals surface area contributed by atoms with Crippen molar-refractivity contribution in [2.75, 3.05) is 27.2 Å². The standard InChI is InChI=1S/C14H21N3O/c1-16-8-5-13(6-9-16)17(2)14(18)10-12-4-3-7-15-11-12/h3-4,7,11,13H,5-6,8-10H2,1-2H3. The Morgan fingerprint density at radius 2 is 2.22 bits per heavy atom. The maximum absolute atomic E-state index is 12.2. The van der Waals surface area contributed by atoms with Crippen molar-refractivity contribution in [2.24, 2.45) is 0 Å². The molecule has 1 amide bonds. The molecule has 0 aliphatic carbocycles. The van der Waals surface area contributed by atoms with E-state index in [-0.39, 0.29) is 5.91 Å². The molecule has 0 bridgehead atoms. The van der Waals surface area contributed by atoms with Gasteiger partial charge in [0.15, 0.2) is 0 Å². The highest BCUT2D eigenvalue weighted by atomic mass is 16.2. The van der Waals surface area contributed by atoms with Gasteiger partial charge in [0.1, 0.15) is 0 Å². The molecule has 1 saturated heterocycles. The van der Waals surface area contributed by atoms with Crippen LogP contribution in [0.5, 0.6) is 0 Å². The van der Waals surface area contributed by atoms with E-state index in [9.17, 15) is 4.79 Å². The lowest BCUT2D eigenvalue weighted by molar-refractivity contribution is -0.132. The first kappa shape index (κ1) is 13.0. The van der Waals surface area contributed by atoms with Gasteiger partial charge in [-0.1, -0.05) is 6.07 Å². The highest BCUT2D eigenvalue weighted by Gasteiger charge is 2.23. The molecule has 0 spiro atoms. The van der Waals surface area contributed by atoms with Crippen molar-refractivity contribution in [3.05, 3.63) is 30.1 Å². The Morgan fingerprint density at radius 1 is 1.50 bits per heavy atom. The van der Waals surface area contributed by atoms with Crippen molar-refractivity contribution in [1.82, 2.24) is 14.8 Å². The third kappa shape index (κ3) is 3.29. The third-order valence-corrected chi connectivity index (χ3v) is 3.71. The molecule has 0 aromatic carbocycles. The topological polar surface area (TPSA) is 36.4 Å². The number of hydrogen-bond acceptors (Lipinski definition) is 3. The second-order valence-electron chi connectivity index (χ2n) is 5.08. The van der Waals surface area contributed by atoms with Gasteiger partial charge >= 0.3 is 0 Å². The summed E-state index contributed by atoms with van der Waals surface area (Å²) in [5.74, 6) is 0.192. The summed E-state index contributed by atoms with van der Waals surface area (Å²) >= 11 is 0. The van der Waals surface area contributed by atoms with Crippen LogP contribution in [0.25, 0.3) is 0 Å². The first-order chi connectivity index (χ1) is 8.66. The van der Waals surface area contributed by atoms with Crippen molar-refractivity contribution in [2.45, 2.75) is 25.3 Å². The molecule has 98 valence electrons. The van der Waals surface area contributed by atoms with E-state index in [1.54, 1.807) is 12.4 Å². The van der Waals surface area contributed by atoms with E-state index in [1.807, 2.05) is 24.1 Å². The minimum atomic E-state index is 0.192. The lowest BCUT2D eigenvalue weighted by Gasteiger charge is -2.35. The monoisotopic (exact) mass is 247 g/mol. The molecule has 1 aliphatic rings. The number of piperidine rings is 1. The number of nitrogens with zero attached hydrogens (tertiary/aromatic N) is 3. The second kappa shape index (κ2) is 5.96. The summed E-state index contributed by atoms with van der Waals surface area (Å²) in [5, 5.41) is 0. The predicted octanol–water partition coefficient (Wildman–Crippen LogP) is 1.18. The van der Waals surface area contributed by atoms with Gasteiger partial charge in [-0.05, 0) is 44.6 Å². The van der Waals surface area contributed by atoms with Gasteiger partial charge in [0.2, 0.25) is 5.91 Å². The average Bonchev–Trinajstić information content (AvgIpc) is 2.40. The van der Waals surface area contributed by atoms with Crippen LogP contribution in [0.4, 0.5) is 0 Å². The van der Waals surface area contributed by atoms with E-state index >= 15 is 0 Å². The van der Waals surface area contributed by atoms with E-state index in [1.165, 1.54) is 0 Å². The molecule has 1 fully saturated rings. The Hall–Kier alpha value is -1.42. The van der Waals surface area contributed by atoms with Gasteiger partial charge in [0.25, 0.3) is 0 Å². The van der Waals surface area contributed by atoms with Crippen LogP contribution in [0.3, 0.4) is 0 Å². The normalized spacial score (nSPS) is 17.7. The zero-order chi connectivity index (χ0) is 13.0. The number of pyridine rings is 1. The Morgan fingerprint density at radius 3 is 2.83 bits per heavy atom. The molecule has 0 saturated carbocycles. The van der Waals surface area contributed by atoms with E-state index in [2.05, 4.69) is 16.9 Å². The van der Waals surface area contributed by atoms with Crippen LogP contribution >= 0.6 is 0 Å². The number of likely N-dealkylation sites (tertiary alicyclic amines) is 1. The summed E-state index contributed by atoms with van der Waals surface area (Å²) in [4.78, 5) is 20.5. The van der Waals surface area contributed by atoms with Crippen molar-refractivity contribution < 1.29 is 4.79 Å². The lowest BCUT2D eigenvalue weighted by Crippen LogP contribution is -2.44. The average molecular weight is 247 g/mol. The fourth-order valence-corrected chi connectivity index (χ4v) is 2.39. The maximum Gasteiger partial charge on any atom is 0.227 e. The highest BCUT2D eigenvalue weighted by Crippen LogP contribution is 2.15. The molecule has 0 N–H and O–H groups in total. The number of aromatic nitrogens is 1. The third-order valence-electron chi connectivity index (χ3n) is 3.71. The first-order valence-electron chi connectivity index (χ1n) is 6.50. The Bertz CT molecular complexity index is 385. The number of likely N-dealkylation sites (N-methyl/N-ethyl adjacent to an activating group) is 1. The fraction of sp³-hybridized carbons (Fsp3) is 0.571. The zero-order valence-electron chi connectivity index (χ0n) is 11.2. The molecule has 4 heteroatoms. The van der Waals surface area contributed by atoms with Crippen LogP contribution in [-0.2, 0) is 11.2 Å². The number of carbonyl (C=O) groups excluding carboxylic acids is 1. The van der Waals surface area contributed by atoms with Crippen LogP contribution < -0.4 is 0 Å². The van der Waals surface area contributed by atoms with Crippen molar-refractivity contribution in [3.8, 4) is 0 Å². The van der Waals surface area contributed by atoms with Gasteiger partial charge in [0, 0.05) is 25.5 Å². The van der Waals surface area contributed by atoms with Gasteiger partial charge in [0.05, 0.1) is 6.42 Å². The van der Waals surface area contributed by atoms with Gasteiger partial charge < -0.3 is 9.80 Å². The molecular formula is C14H21N3O. The number of rotatable bonds is 3. The molecule has 2 rings (SSSR count). The van der Waals surface area contributed by atoms with Gasteiger partial charge in [-0.25, -0.2) is 0 Å². The van der Waals surface area contributed by atoms with Gasteiger partial charge in [-0.2, -0.15) is 0 Å². The van der Waals surface area contributed by atoms with Gasteiger partial charge in [-0.15, -0.1) is 0 Å². The molecule has 1 aromatic heterocycles. The Labute approximate surface area is 109 Å². The summed E-state index contributed by atoms with van der Waals surface area (Å²) in [5.41, 5.74) is 0.988. The van der Waals surface area contributed by atoms with E-state index in [0.717, 1.165) is 31.5 Å². The molecule has 0 radical (unpaired) electrons. The summed E-state index contributed by atoms with van der Waals surface area (Å²) in [6, 6.07) is 4.22. The van der Waals surface area contributed by atoms with Crippen molar-refractivity contribution in [1.29, 1.82) is 0 Å². The molecule has 2 heterocycles. The SMILES string of the molecule is CN1CCC(N(C)C(=O)Cc2cccnc2)CC1. The first-order valence-corrected chi connectivity index (χ1v) is 6.50. The largest absolute Gasteiger partial charge is 0.342 e. The minimum Gasteiger partial charge on any atom is -0.342 e. The molecular weight excluding hydrogens is 226 g/mol. The van der Waals surface area contributed by atoms with Crippen LogP contribution in [0.15, 0.2) is 24.5 Å². The molecule has 1 aromatic rings. The maximum atomic E-state index is 12.2. The van der Waals surface area contributed by atoms with Crippen molar-refractivity contribution >= 4 is 5.91 Å². The highest BCUT2D eigenvalue weighted by molar-refractivity contribution is 5.78. The molecule has 18 heavy (non-hydrogen) atoms. The van der Waals surface area contributed by atoms with Crippen molar-refractivity contribution in [3.63, 3.8) is 0 Å². The van der Waals surface area contributed by atoms with Crippen LogP contribution in [0.1, 0.15) is 18.4 Å². The summed E-state index contributed by atoms with van der Waals surface area (Å²) in [6.45, 7) is 2.16. The minimum absolute atomic E-state index is 0.192. The molecule has 4 nitrogen and oxygen atoms in total. The van der Waals surface area contributed by atoms with Crippen LogP contribution in [0, 0.1) is 0 Å². The van der Waals surface area contributed by atoms with Crippen LogP contribution in [-0.4, -0.2) is 53.9 Å². The van der Waals surface area contributed by atoms with E-state index in [4.69, 9.17) is 0 Å². The zero-order valence-corrected chi connectivity index (χ0v) is 11.2. The number of carbonyl (C=O) groups is 1. The fourth-order valence-electron chi connectivity index (χ4n) is 2.39. The van der Waals surface area contributed by atoms with Crippen LogP contribution in [0.2, 0.25) is 0 Å². The summed E-state index contributed by atoms with van der Waals surface area (Å²) in [7, 11) is 4.06. The van der Waals surface area contributed by atoms with Gasteiger partial charge in [-0.3, -0.25) is 9.78 Å². The second-order valence-corrected chi connectivity index (χ2v) is 5.08. The summed E-state index contributed by atoms with van der Waals surface area (Å²) < 4.78 is 0. The van der Waals surface area contributed by atoms with E-state index < -0.39 is 0 Å². The smallest absolute Gasteiger partial charge is 0.227 e. The van der Waals surface area contributed by atoms with E-state index in [0.29, 0.717) is 12.5 Å². The Balaban J connectivity index is 1.89. The number of amides is 1. The molecule has 0 unspecified atom stereocenters. The number of hydrogen-bond donors (Lipinski definition) is 0. The Kier molecular flexibility index (Phi) is 4.31. The predicted molar refractivity (Wildman–Crippen MR) is 71.2 cm³/mol. The molecule has 0 atom stereocenters. The molecule has 1 aliphatic heterocycles. The quantitative estimate of drug-likeness (QED) is 0.804.